The Morgan fingerprint density at radius 3 is 2.14 bits per heavy atom. The van der Waals surface area contributed by atoms with E-state index in [1.54, 1.807) is 128 Å². The molecule has 0 saturated carbocycles. The van der Waals surface area contributed by atoms with Crippen molar-refractivity contribution in [3.05, 3.63) is 165 Å². The maximum Gasteiger partial charge on any atom is 0.272 e. The second-order valence-electron chi connectivity index (χ2n) is 11.1. The summed E-state index contributed by atoms with van der Waals surface area (Å²) in [4.78, 5) is 67.0. The Morgan fingerprint density at radius 1 is 0.714 bits per heavy atom. The molecule has 0 fully saturated rings. The van der Waals surface area contributed by atoms with Crippen molar-refractivity contribution in [3.63, 3.8) is 0 Å². The molecular formula is C39H28ClN3O5S. The fraction of sp³-hybridized carbons (Fsp3) is 0.0513. The molecule has 0 heterocycles. The van der Waals surface area contributed by atoms with E-state index < -0.39 is 17.1 Å². The molecule has 242 valence electrons. The number of halogens is 1. The third-order valence-corrected chi connectivity index (χ3v) is 9.00. The zero-order valence-corrected chi connectivity index (χ0v) is 27.6. The minimum absolute atomic E-state index is 0.00349. The summed E-state index contributed by atoms with van der Waals surface area (Å²) in [7, 11) is 0. The van der Waals surface area contributed by atoms with Gasteiger partial charge in [-0.3, -0.25) is 24.0 Å². The fourth-order valence-electron chi connectivity index (χ4n) is 5.29. The summed E-state index contributed by atoms with van der Waals surface area (Å²) in [5.74, 6) is -1.99. The molecule has 1 atom stereocenters. The van der Waals surface area contributed by atoms with Crippen molar-refractivity contribution in [1.82, 2.24) is 5.32 Å². The molecule has 0 spiro atoms. The maximum absolute atomic E-state index is 13.5. The number of thioether (sulfide) groups is 1. The highest BCUT2D eigenvalue weighted by molar-refractivity contribution is 8.00. The number of benzene rings is 5. The van der Waals surface area contributed by atoms with Crippen LogP contribution in [0.25, 0.3) is 6.08 Å². The summed E-state index contributed by atoms with van der Waals surface area (Å²) < 4.78 is 0. The first-order chi connectivity index (χ1) is 23.7. The first-order valence-electron chi connectivity index (χ1n) is 15.2. The van der Waals surface area contributed by atoms with Gasteiger partial charge in [-0.05, 0) is 67.1 Å². The van der Waals surface area contributed by atoms with E-state index in [1.165, 1.54) is 17.8 Å². The maximum atomic E-state index is 13.5. The molecule has 0 radical (unpaired) electrons. The first kappa shape index (κ1) is 33.1. The molecule has 1 aliphatic rings. The zero-order chi connectivity index (χ0) is 34.5. The largest absolute Gasteiger partial charge is 0.324 e. The summed E-state index contributed by atoms with van der Waals surface area (Å²) in [6.45, 7) is 1.72. The molecule has 3 N–H and O–H groups in total. The van der Waals surface area contributed by atoms with Gasteiger partial charge in [-0.25, -0.2) is 0 Å². The Bertz CT molecular complexity index is 2170. The molecule has 3 amide bonds. The van der Waals surface area contributed by atoms with Crippen LogP contribution < -0.4 is 16.0 Å². The minimum atomic E-state index is -0.619. The molecule has 1 aliphatic carbocycles. The number of anilines is 2. The molecule has 0 aromatic heterocycles. The lowest BCUT2D eigenvalue weighted by Gasteiger charge is -2.21. The number of hydrogen-bond acceptors (Lipinski definition) is 6. The average Bonchev–Trinajstić information content (AvgIpc) is 3.10. The fourth-order valence-corrected chi connectivity index (χ4v) is 6.42. The highest BCUT2D eigenvalue weighted by Crippen LogP contribution is 2.33. The van der Waals surface area contributed by atoms with Crippen LogP contribution in [0.5, 0.6) is 0 Å². The van der Waals surface area contributed by atoms with Crippen molar-refractivity contribution in [1.29, 1.82) is 0 Å². The van der Waals surface area contributed by atoms with Gasteiger partial charge >= 0.3 is 0 Å². The van der Waals surface area contributed by atoms with E-state index in [2.05, 4.69) is 16.0 Å². The number of carbonyl (C=O) groups is 5. The number of rotatable bonds is 9. The third kappa shape index (κ3) is 7.54. The van der Waals surface area contributed by atoms with Crippen molar-refractivity contribution in [3.8, 4) is 0 Å². The standard InChI is InChI=1S/C39H28ClN3O5S/c1-23(37(46)42-32-19-9-18-31-34(32)36(45)30-17-6-5-16-29(30)35(31)44)49-28-15-8-14-27(22-28)41-39(48)33(21-24-10-7-13-26(40)20-24)43-38(47)25-11-3-2-4-12-25/h2-23H,1H3,(H,41,48)(H,42,46)(H,43,47)/b33-21+. The molecular weight excluding hydrogens is 658 g/mol. The molecule has 0 aliphatic heterocycles. The van der Waals surface area contributed by atoms with Gasteiger partial charge in [0.25, 0.3) is 11.8 Å². The highest BCUT2D eigenvalue weighted by atomic mass is 35.5. The molecule has 6 rings (SSSR count). The number of ketones is 2. The van der Waals surface area contributed by atoms with Crippen LogP contribution in [-0.4, -0.2) is 34.5 Å². The summed E-state index contributed by atoms with van der Waals surface area (Å²) in [5.41, 5.74) is 2.76. The smallest absolute Gasteiger partial charge is 0.272 e. The van der Waals surface area contributed by atoms with Crippen LogP contribution in [0, 0.1) is 0 Å². The van der Waals surface area contributed by atoms with Crippen LogP contribution in [0.3, 0.4) is 0 Å². The molecule has 8 nitrogen and oxygen atoms in total. The normalized spacial score (nSPS) is 12.7. The lowest BCUT2D eigenvalue weighted by Crippen LogP contribution is -2.30. The monoisotopic (exact) mass is 685 g/mol. The van der Waals surface area contributed by atoms with E-state index in [0.29, 0.717) is 37.9 Å². The van der Waals surface area contributed by atoms with Crippen LogP contribution in [0.2, 0.25) is 5.02 Å². The molecule has 0 saturated heterocycles. The second-order valence-corrected chi connectivity index (χ2v) is 12.9. The molecule has 5 aromatic rings. The van der Waals surface area contributed by atoms with Gasteiger partial charge in [0.2, 0.25) is 5.91 Å². The van der Waals surface area contributed by atoms with Gasteiger partial charge in [-0.1, -0.05) is 84.4 Å². The van der Waals surface area contributed by atoms with Gasteiger partial charge in [0, 0.05) is 37.9 Å². The van der Waals surface area contributed by atoms with E-state index in [9.17, 15) is 24.0 Å². The molecule has 1 unspecified atom stereocenters. The van der Waals surface area contributed by atoms with Crippen LogP contribution in [0.15, 0.2) is 132 Å². The van der Waals surface area contributed by atoms with Gasteiger partial charge in [-0.2, -0.15) is 0 Å². The number of nitrogens with one attached hydrogen (secondary N) is 3. The molecule has 0 bridgehead atoms. The number of carbonyl (C=O) groups excluding carboxylic acids is 5. The summed E-state index contributed by atoms with van der Waals surface area (Å²) >= 11 is 7.40. The predicted octanol–water partition coefficient (Wildman–Crippen LogP) is 7.64. The van der Waals surface area contributed by atoms with Crippen LogP contribution in [0.4, 0.5) is 11.4 Å². The first-order valence-corrected chi connectivity index (χ1v) is 16.5. The van der Waals surface area contributed by atoms with Crippen LogP contribution in [0.1, 0.15) is 54.7 Å². The van der Waals surface area contributed by atoms with E-state index in [0.717, 1.165) is 0 Å². The van der Waals surface area contributed by atoms with Crippen molar-refractivity contribution in [2.45, 2.75) is 17.1 Å². The number of fused-ring (bicyclic) bond motifs is 2. The van der Waals surface area contributed by atoms with Crippen molar-refractivity contribution in [2.75, 3.05) is 10.6 Å². The van der Waals surface area contributed by atoms with Crippen molar-refractivity contribution < 1.29 is 24.0 Å². The van der Waals surface area contributed by atoms with Gasteiger partial charge in [0.1, 0.15) is 5.70 Å². The van der Waals surface area contributed by atoms with Crippen LogP contribution >= 0.6 is 23.4 Å². The quantitative estimate of drug-likeness (QED) is 0.106. The predicted molar refractivity (Wildman–Crippen MR) is 192 cm³/mol. The van der Waals surface area contributed by atoms with Crippen LogP contribution in [-0.2, 0) is 9.59 Å². The second kappa shape index (κ2) is 14.6. The summed E-state index contributed by atoms with van der Waals surface area (Å²) in [6, 6.07) is 33.8. The Hall–Kier alpha value is -5.77. The molecule has 10 heteroatoms. The van der Waals surface area contributed by atoms with E-state index in [-0.39, 0.29) is 40.0 Å². The Morgan fingerprint density at radius 2 is 1.39 bits per heavy atom. The zero-order valence-electron chi connectivity index (χ0n) is 26.0. The van der Waals surface area contributed by atoms with Gasteiger partial charge in [0.15, 0.2) is 11.6 Å². The topological polar surface area (TPSA) is 121 Å². The highest BCUT2D eigenvalue weighted by Gasteiger charge is 2.32. The van der Waals surface area contributed by atoms with E-state index in [1.807, 2.05) is 0 Å². The average molecular weight is 686 g/mol. The number of amides is 3. The van der Waals surface area contributed by atoms with E-state index >= 15 is 0 Å². The van der Waals surface area contributed by atoms with Gasteiger partial charge in [0.05, 0.1) is 16.5 Å². The Labute approximate surface area is 291 Å². The van der Waals surface area contributed by atoms with E-state index in [4.69, 9.17) is 11.6 Å². The van der Waals surface area contributed by atoms with Gasteiger partial charge < -0.3 is 16.0 Å². The van der Waals surface area contributed by atoms with Crippen molar-refractivity contribution >= 4 is 70.1 Å². The Balaban J connectivity index is 1.16. The molecule has 49 heavy (non-hydrogen) atoms. The lowest BCUT2D eigenvalue weighted by molar-refractivity contribution is -0.115. The summed E-state index contributed by atoms with van der Waals surface area (Å²) in [6.07, 6.45) is 1.53. The SMILES string of the molecule is CC(Sc1cccc(NC(=O)/C(=C\c2cccc(Cl)c2)NC(=O)c2ccccc2)c1)C(=O)Nc1cccc2c1C(=O)c1ccccc1C2=O. The molecule has 5 aromatic carbocycles. The minimum Gasteiger partial charge on any atom is -0.324 e. The van der Waals surface area contributed by atoms with Crippen molar-refractivity contribution in [2.24, 2.45) is 0 Å². The third-order valence-electron chi connectivity index (χ3n) is 7.67. The summed E-state index contributed by atoms with van der Waals surface area (Å²) in [5, 5.41) is 8.22. The van der Waals surface area contributed by atoms with Gasteiger partial charge in [-0.15, -0.1) is 11.8 Å². The number of hydrogen-bond donors (Lipinski definition) is 3. The Kier molecular flexibility index (Phi) is 9.84. The lowest BCUT2D eigenvalue weighted by atomic mass is 9.83.